The molecule has 2 aromatic carbocycles. The van der Waals surface area contributed by atoms with Gasteiger partial charge >= 0.3 is 0 Å². The first-order chi connectivity index (χ1) is 20.1. The van der Waals surface area contributed by atoms with E-state index in [1.807, 2.05) is 6.07 Å². The highest BCUT2D eigenvalue weighted by atomic mass is 32.2. The number of aromatic nitrogens is 1. The maximum atomic E-state index is 13.4. The van der Waals surface area contributed by atoms with Gasteiger partial charge in [0.2, 0.25) is 5.88 Å². The fourth-order valence-corrected chi connectivity index (χ4v) is 5.82. The van der Waals surface area contributed by atoms with E-state index in [-0.39, 0.29) is 46.9 Å². The third-order valence-corrected chi connectivity index (χ3v) is 8.13. The molecule has 1 N–H and O–H groups in total. The van der Waals surface area contributed by atoms with Crippen LogP contribution >= 0.6 is 24.0 Å². The molecule has 2 heterocycles. The van der Waals surface area contributed by atoms with Crippen molar-refractivity contribution in [2.45, 2.75) is 26.3 Å². The van der Waals surface area contributed by atoms with E-state index in [4.69, 9.17) is 21.7 Å². The fraction of sp³-hybridized carbons (Fsp3) is 0.233. The molecule has 0 bridgehead atoms. The summed E-state index contributed by atoms with van der Waals surface area (Å²) in [6.07, 6.45) is 1.65. The van der Waals surface area contributed by atoms with Crippen molar-refractivity contribution in [1.29, 1.82) is 5.26 Å². The van der Waals surface area contributed by atoms with Crippen LogP contribution in [-0.4, -0.2) is 51.3 Å². The quantitative estimate of drug-likeness (QED) is 0.200. The molecule has 0 atom stereocenters. The SMILES string of the molecule is COc1ccc(CCn2c(O)c(C(=O)CCN3C(=O)/C(=C/c4ccc(F)cc4)SC3=S)c(C)c(C#N)c2=O)cc1OC. The number of rotatable bonds is 10. The van der Waals surface area contributed by atoms with Crippen LogP contribution in [0.4, 0.5) is 4.39 Å². The second-order valence-electron chi connectivity index (χ2n) is 9.26. The van der Waals surface area contributed by atoms with Gasteiger partial charge in [-0.1, -0.05) is 42.2 Å². The molecule has 3 aromatic rings. The number of aryl methyl sites for hydroxylation is 1. The molecule has 9 nitrogen and oxygen atoms in total. The first kappa shape index (κ1) is 30.5. The molecule has 1 amide bonds. The van der Waals surface area contributed by atoms with E-state index in [0.717, 1.165) is 21.9 Å². The van der Waals surface area contributed by atoms with Gasteiger partial charge in [-0.2, -0.15) is 5.26 Å². The number of hydrogen-bond acceptors (Lipinski definition) is 9. The predicted molar refractivity (Wildman–Crippen MR) is 160 cm³/mol. The van der Waals surface area contributed by atoms with Crippen LogP contribution in [0.2, 0.25) is 0 Å². The molecule has 1 saturated heterocycles. The molecule has 1 aromatic heterocycles. The van der Waals surface area contributed by atoms with Crippen molar-refractivity contribution in [3.8, 4) is 23.4 Å². The predicted octanol–water partition coefficient (Wildman–Crippen LogP) is 4.61. The van der Waals surface area contributed by atoms with Gasteiger partial charge < -0.3 is 14.6 Å². The molecule has 0 saturated carbocycles. The number of ether oxygens (including phenoxy) is 2. The van der Waals surface area contributed by atoms with Crippen molar-refractivity contribution in [3.63, 3.8) is 0 Å². The maximum absolute atomic E-state index is 13.4. The normalized spacial score (nSPS) is 13.9. The van der Waals surface area contributed by atoms with E-state index < -0.39 is 28.9 Å². The molecule has 4 rings (SSSR count). The topological polar surface area (TPSA) is 122 Å². The standard InChI is InChI=1S/C30H26FN3O6S2/c1-17-21(16-32)27(36)33(12-10-19-6-9-23(39-2)24(14-19)40-3)29(38)26(17)22(35)11-13-34-28(37)25(42-30(34)41)15-18-4-7-20(31)8-5-18/h4-9,14-15,38H,10-13H2,1-3H3/b25-15-. The van der Waals surface area contributed by atoms with Crippen LogP contribution in [0, 0.1) is 24.1 Å². The van der Waals surface area contributed by atoms with Gasteiger partial charge in [0.1, 0.15) is 21.8 Å². The summed E-state index contributed by atoms with van der Waals surface area (Å²) in [4.78, 5) is 41.0. The second kappa shape index (κ2) is 13.0. The second-order valence-corrected chi connectivity index (χ2v) is 10.9. The number of hydrogen-bond donors (Lipinski definition) is 1. The first-order valence-corrected chi connectivity index (χ1v) is 13.9. The average Bonchev–Trinajstić information content (AvgIpc) is 3.24. The molecule has 1 aliphatic heterocycles. The number of halogens is 1. The van der Waals surface area contributed by atoms with Gasteiger partial charge in [0.25, 0.3) is 11.5 Å². The lowest BCUT2D eigenvalue weighted by atomic mass is 9.99. The lowest BCUT2D eigenvalue weighted by Gasteiger charge is -2.17. The van der Waals surface area contributed by atoms with Crippen LogP contribution in [0.1, 0.15) is 39.0 Å². The van der Waals surface area contributed by atoms with Gasteiger partial charge in [-0.15, -0.1) is 0 Å². The van der Waals surface area contributed by atoms with Crippen LogP contribution in [0.25, 0.3) is 6.08 Å². The number of thioether (sulfide) groups is 1. The Hall–Kier alpha value is -4.47. The Kier molecular flexibility index (Phi) is 9.45. The van der Waals surface area contributed by atoms with Gasteiger partial charge in [0.05, 0.1) is 24.7 Å². The van der Waals surface area contributed by atoms with Gasteiger partial charge in [0.15, 0.2) is 17.3 Å². The van der Waals surface area contributed by atoms with Gasteiger partial charge in [0, 0.05) is 19.5 Å². The number of pyridine rings is 1. The zero-order chi connectivity index (χ0) is 30.6. The number of amides is 1. The average molecular weight is 608 g/mol. The summed E-state index contributed by atoms with van der Waals surface area (Å²) in [6, 6.07) is 12.7. The molecular weight excluding hydrogens is 581 g/mol. The molecule has 0 spiro atoms. The number of carbonyl (C=O) groups is 2. The van der Waals surface area contributed by atoms with Crippen LogP contribution in [0.3, 0.4) is 0 Å². The number of Topliss-reactive ketones (excluding diaryl/α,β-unsaturated/α-hetero) is 1. The zero-order valence-corrected chi connectivity index (χ0v) is 24.6. The summed E-state index contributed by atoms with van der Waals surface area (Å²) in [5.41, 5.74) is 0.324. The van der Waals surface area contributed by atoms with E-state index in [2.05, 4.69) is 0 Å². The molecule has 42 heavy (non-hydrogen) atoms. The summed E-state index contributed by atoms with van der Waals surface area (Å²) in [5.74, 6) is -0.887. The lowest BCUT2D eigenvalue weighted by molar-refractivity contribution is -0.122. The highest BCUT2D eigenvalue weighted by molar-refractivity contribution is 8.26. The minimum atomic E-state index is -0.715. The van der Waals surface area contributed by atoms with Crippen LogP contribution in [0.5, 0.6) is 17.4 Å². The summed E-state index contributed by atoms with van der Waals surface area (Å²) in [5, 5.41) is 20.7. The van der Waals surface area contributed by atoms with E-state index in [0.29, 0.717) is 22.0 Å². The Morgan fingerprint density at radius 3 is 2.45 bits per heavy atom. The molecule has 12 heteroatoms. The van der Waals surface area contributed by atoms with Crippen molar-refractivity contribution in [2.24, 2.45) is 0 Å². The number of thiocarbonyl (C=S) groups is 1. The highest BCUT2D eigenvalue weighted by Crippen LogP contribution is 2.33. The number of nitriles is 1. The Morgan fingerprint density at radius 1 is 1.12 bits per heavy atom. The van der Waals surface area contributed by atoms with E-state index in [1.165, 1.54) is 50.3 Å². The third-order valence-electron chi connectivity index (χ3n) is 6.75. The minimum absolute atomic E-state index is 0.0156. The summed E-state index contributed by atoms with van der Waals surface area (Å²) >= 11 is 6.41. The Bertz CT molecular complexity index is 1710. The molecule has 0 unspecified atom stereocenters. The summed E-state index contributed by atoms with van der Waals surface area (Å²) < 4.78 is 25.0. The van der Waals surface area contributed by atoms with Gasteiger partial charge in [-0.05, 0) is 60.4 Å². The summed E-state index contributed by atoms with van der Waals surface area (Å²) in [6.45, 7) is 1.34. The van der Waals surface area contributed by atoms with Crippen molar-refractivity contribution in [2.75, 3.05) is 20.8 Å². The number of ketones is 1. The smallest absolute Gasteiger partial charge is 0.271 e. The van der Waals surface area contributed by atoms with E-state index in [9.17, 15) is 29.1 Å². The fourth-order valence-electron chi connectivity index (χ4n) is 4.51. The maximum Gasteiger partial charge on any atom is 0.271 e. The zero-order valence-electron chi connectivity index (χ0n) is 23.0. The molecule has 216 valence electrons. The number of aromatic hydroxyl groups is 1. The monoisotopic (exact) mass is 607 g/mol. The molecule has 0 aliphatic carbocycles. The van der Waals surface area contributed by atoms with Crippen molar-refractivity contribution >= 4 is 46.1 Å². The molecule has 0 radical (unpaired) electrons. The Labute approximate surface area is 250 Å². The minimum Gasteiger partial charge on any atom is -0.494 e. The van der Waals surface area contributed by atoms with Crippen molar-refractivity contribution < 1.29 is 28.6 Å². The number of carbonyl (C=O) groups excluding carboxylic acids is 2. The third kappa shape index (κ3) is 6.22. The van der Waals surface area contributed by atoms with Crippen molar-refractivity contribution in [3.05, 3.63) is 91.4 Å². The van der Waals surface area contributed by atoms with Crippen LogP contribution < -0.4 is 15.0 Å². The van der Waals surface area contributed by atoms with E-state index >= 15 is 0 Å². The molecule has 1 aliphatic rings. The number of nitrogens with zero attached hydrogens (tertiary/aromatic N) is 3. The van der Waals surface area contributed by atoms with Crippen molar-refractivity contribution in [1.82, 2.24) is 9.47 Å². The van der Waals surface area contributed by atoms with Gasteiger partial charge in [-0.3, -0.25) is 23.9 Å². The molecular formula is C30H26FN3O6S2. The summed E-state index contributed by atoms with van der Waals surface area (Å²) in [7, 11) is 3.01. The largest absolute Gasteiger partial charge is 0.494 e. The first-order valence-electron chi connectivity index (χ1n) is 12.7. The highest BCUT2D eigenvalue weighted by Gasteiger charge is 2.33. The lowest BCUT2D eigenvalue weighted by Crippen LogP contribution is -2.31. The van der Waals surface area contributed by atoms with Gasteiger partial charge in [-0.25, -0.2) is 4.39 Å². The van der Waals surface area contributed by atoms with Crippen LogP contribution in [-0.2, 0) is 17.8 Å². The molecule has 1 fully saturated rings. The Balaban J connectivity index is 1.55. The number of methoxy groups -OCH3 is 2. The number of benzene rings is 2. The van der Waals surface area contributed by atoms with Crippen LogP contribution in [0.15, 0.2) is 52.2 Å². The Morgan fingerprint density at radius 2 is 1.81 bits per heavy atom. The van der Waals surface area contributed by atoms with E-state index in [1.54, 1.807) is 24.3 Å².